The van der Waals surface area contributed by atoms with Crippen LogP contribution in [0.1, 0.15) is 28.4 Å². The van der Waals surface area contributed by atoms with Gasteiger partial charge in [0.25, 0.3) is 5.91 Å². The summed E-state index contributed by atoms with van der Waals surface area (Å²) in [4.78, 5) is 14.3. The lowest BCUT2D eigenvalue weighted by Crippen LogP contribution is -2.25. The van der Waals surface area contributed by atoms with Gasteiger partial charge < -0.3 is 15.3 Å². The van der Waals surface area contributed by atoms with Gasteiger partial charge in [-0.1, -0.05) is 24.3 Å². The topological polar surface area (TPSA) is 52.6 Å². The zero-order chi connectivity index (χ0) is 16.7. The van der Waals surface area contributed by atoms with E-state index >= 15 is 0 Å². The quantitative estimate of drug-likeness (QED) is 0.826. The van der Waals surface area contributed by atoms with Crippen molar-refractivity contribution in [2.24, 2.45) is 0 Å². The molecule has 0 fully saturated rings. The van der Waals surface area contributed by atoms with Crippen molar-refractivity contribution in [2.45, 2.75) is 20.0 Å². The van der Waals surface area contributed by atoms with Crippen molar-refractivity contribution in [3.8, 4) is 0 Å². The third-order valence-electron chi connectivity index (χ3n) is 3.95. The number of carbonyl (C=O) groups is 1. The van der Waals surface area contributed by atoms with Crippen LogP contribution < -0.4 is 10.2 Å². The number of hydrogen-bond donors (Lipinski definition) is 2. The molecule has 2 aromatic rings. The molecule has 0 unspecified atom stereocenters. The second kappa shape index (κ2) is 8.34. The molecule has 1 amide bonds. The Balaban J connectivity index is 1.84. The van der Waals surface area contributed by atoms with Gasteiger partial charge in [0.15, 0.2) is 0 Å². The van der Waals surface area contributed by atoms with Crippen LogP contribution in [0.25, 0.3) is 0 Å². The SMILES string of the molecule is CCN(C)c1ccc(C(=O)NCCc2ccc(CO)cc2)cc1. The Bertz CT molecular complexity index is 621. The minimum absolute atomic E-state index is 0.0531. The fourth-order valence-corrected chi connectivity index (χ4v) is 2.28. The van der Waals surface area contributed by atoms with Crippen LogP contribution in [0.2, 0.25) is 0 Å². The molecule has 2 aromatic carbocycles. The molecule has 0 aliphatic rings. The lowest BCUT2D eigenvalue weighted by molar-refractivity contribution is 0.0954. The Hall–Kier alpha value is -2.33. The molecule has 0 aliphatic carbocycles. The largest absolute Gasteiger partial charge is 0.392 e. The molecule has 4 nitrogen and oxygen atoms in total. The van der Waals surface area contributed by atoms with Gasteiger partial charge in [0.05, 0.1) is 6.61 Å². The fourth-order valence-electron chi connectivity index (χ4n) is 2.28. The van der Waals surface area contributed by atoms with E-state index in [1.165, 1.54) is 0 Å². The predicted molar refractivity (Wildman–Crippen MR) is 93.8 cm³/mol. The molecule has 23 heavy (non-hydrogen) atoms. The minimum atomic E-state index is -0.0531. The number of rotatable bonds is 7. The molecule has 0 saturated heterocycles. The summed E-state index contributed by atoms with van der Waals surface area (Å²) in [5.74, 6) is -0.0531. The summed E-state index contributed by atoms with van der Waals surface area (Å²) in [5, 5.41) is 11.9. The lowest BCUT2D eigenvalue weighted by Gasteiger charge is -2.16. The van der Waals surface area contributed by atoms with Gasteiger partial charge in [0.1, 0.15) is 0 Å². The first-order valence-corrected chi connectivity index (χ1v) is 7.92. The van der Waals surface area contributed by atoms with Crippen molar-refractivity contribution < 1.29 is 9.90 Å². The van der Waals surface area contributed by atoms with Crippen molar-refractivity contribution in [1.82, 2.24) is 5.32 Å². The molecule has 2 N–H and O–H groups in total. The van der Waals surface area contributed by atoms with Crippen LogP contribution >= 0.6 is 0 Å². The van der Waals surface area contributed by atoms with E-state index in [2.05, 4.69) is 17.1 Å². The van der Waals surface area contributed by atoms with Gasteiger partial charge in [-0.2, -0.15) is 0 Å². The van der Waals surface area contributed by atoms with Gasteiger partial charge in [-0.25, -0.2) is 0 Å². The van der Waals surface area contributed by atoms with E-state index in [9.17, 15) is 4.79 Å². The first kappa shape index (κ1) is 17.0. The molecule has 0 atom stereocenters. The number of amides is 1. The maximum Gasteiger partial charge on any atom is 0.251 e. The molecule has 0 spiro atoms. The molecule has 4 heteroatoms. The van der Waals surface area contributed by atoms with Crippen LogP contribution in [0.15, 0.2) is 48.5 Å². The summed E-state index contributed by atoms with van der Waals surface area (Å²) in [6.45, 7) is 3.67. The maximum absolute atomic E-state index is 12.1. The van der Waals surface area contributed by atoms with Crippen molar-refractivity contribution in [1.29, 1.82) is 0 Å². The third kappa shape index (κ3) is 4.83. The van der Waals surface area contributed by atoms with E-state index in [-0.39, 0.29) is 12.5 Å². The zero-order valence-electron chi connectivity index (χ0n) is 13.7. The predicted octanol–water partition coefficient (Wildman–Crippen LogP) is 2.61. The summed E-state index contributed by atoms with van der Waals surface area (Å²) >= 11 is 0. The van der Waals surface area contributed by atoms with Crippen LogP contribution in [0.4, 0.5) is 5.69 Å². The number of carbonyl (C=O) groups excluding carboxylic acids is 1. The summed E-state index contributed by atoms with van der Waals surface area (Å²) in [6, 6.07) is 15.4. The van der Waals surface area contributed by atoms with Gasteiger partial charge in [-0.15, -0.1) is 0 Å². The second-order valence-electron chi connectivity index (χ2n) is 5.54. The summed E-state index contributed by atoms with van der Waals surface area (Å²) < 4.78 is 0. The Morgan fingerprint density at radius 3 is 2.22 bits per heavy atom. The van der Waals surface area contributed by atoms with E-state index in [0.29, 0.717) is 12.1 Å². The summed E-state index contributed by atoms with van der Waals surface area (Å²) in [7, 11) is 2.02. The molecule has 0 aliphatic heterocycles. The Kier molecular flexibility index (Phi) is 6.18. The van der Waals surface area contributed by atoms with Crippen LogP contribution in [0.3, 0.4) is 0 Å². The van der Waals surface area contributed by atoms with Gasteiger partial charge in [-0.3, -0.25) is 4.79 Å². The molecule has 0 heterocycles. The average Bonchev–Trinajstić information content (AvgIpc) is 2.61. The van der Waals surface area contributed by atoms with Gasteiger partial charge >= 0.3 is 0 Å². The minimum Gasteiger partial charge on any atom is -0.392 e. The van der Waals surface area contributed by atoms with Crippen molar-refractivity contribution in [2.75, 3.05) is 25.0 Å². The Morgan fingerprint density at radius 1 is 1.04 bits per heavy atom. The number of nitrogens with zero attached hydrogens (tertiary/aromatic N) is 1. The monoisotopic (exact) mass is 312 g/mol. The summed E-state index contributed by atoms with van der Waals surface area (Å²) in [6.07, 6.45) is 0.772. The first-order chi connectivity index (χ1) is 11.1. The smallest absolute Gasteiger partial charge is 0.251 e. The van der Waals surface area contributed by atoms with Crippen molar-refractivity contribution >= 4 is 11.6 Å². The van der Waals surface area contributed by atoms with Crippen LogP contribution in [0.5, 0.6) is 0 Å². The first-order valence-electron chi connectivity index (χ1n) is 7.92. The van der Waals surface area contributed by atoms with Gasteiger partial charge in [-0.05, 0) is 48.7 Å². The van der Waals surface area contributed by atoms with Crippen LogP contribution in [0, 0.1) is 0 Å². The van der Waals surface area contributed by atoms with Gasteiger partial charge in [0.2, 0.25) is 0 Å². The highest BCUT2D eigenvalue weighted by Crippen LogP contribution is 2.13. The Morgan fingerprint density at radius 2 is 1.65 bits per heavy atom. The zero-order valence-corrected chi connectivity index (χ0v) is 13.7. The molecule has 0 aromatic heterocycles. The van der Waals surface area contributed by atoms with E-state index in [0.717, 1.165) is 29.8 Å². The molecule has 0 radical (unpaired) electrons. The van der Waals surface area contributed by atoms with E-state index in [1.807, 2.05) is 55.6 Å². The van der Waals surface area contributed by atoms with Crippen LogP contribution in [-0.4, -0.2) is 31.2 Å². The standard InChI is InChI=1S/C19H24N2O2/c1-3-21(2)18-10-8-17(9-11-18)19(23)20-13-12-15-4-6-16(14-22)7-5-15/h4-11,22H,3,12-14H2,1-2H3,(H,20,23). The lowest BCUT2D eigenvalue weighted by atomic mass is 10.1. The number of aliphatic hydroxyl groups excluding tert-OH is 1. The second-order valence-corrected chi connectivity index (χ2v) is 5.54. The van der Waals surface area contributed by atoms with E-state index < -0.39 is 0 Å². The molecule has 122 valence electrons. The summed E-state index contributed by atoms with van der Waals surface area (Å²) in [5.41, 5.74) is 3.82. The molecule has 0 saturated carbocycles. The fraction of sp³-hybridized carbons (Fsp3) is 0.316. The highest BCUT2D eigenvalue weighted by Gasteiger charge is 2.06. The van der Waals surface area contributed by atoms with Crippen molar-refractivity contribution in [3.05, 3.63) is 65.2 Å². The maximum atomic E-state index is 12.1. The van der Waals surface area contributed by atoms with Crippen LogP contribution in [-0.2, 0) is 13.0 Å². The van der Waals surface area contributed by atoms with E-state index in [4.69, 9.17) is 5.11 Å². The number of anilines is 1. The third-order valence-corrected chi connectivity index (χ3v) is 3.95. The molecular weight excluding hydrogens is 288 g/mol. The van der Waals surface area contributed by atoms with Crippen molar-refractivity contribution in [3.63, 3.8) is 0 Å². The average molecular weight is 312 g/mol. The number of hydrogen-bond acceptors (Lipinski definition) is 3. The molecule has 2 rings (SSSR count). The molecular formula is C19H24N2O2. The highest BCUT2D eigenvalue weighted by molar-refractivity contribution is 5.94. The highest BCUT2D eigenvalue weighted by atomic mass is 16.3. The number of benzene rings is 2. The van der Waals surface area contributed by atoms with Gasteiger partial charge in [0, 0.05) is 31.4 Å². The normalized spacial score (nSPS) is 10.4. The number of nitrogens with one attached hydrogen (secondary N) is 1. The number of aliphatic hydroxyl groups is 1. The Labute approximate surface area is 137 Å². The molecule has 0 bridgehead atoms. The van der Waals surface area contributed by atoms with E-state index in [1.54, 1.807) is 0 Å².